The minimum Gasteiger partial charge on any atom is -0.341 e. The molecule has 2 aromatic heterocycles. The first-order chi connectivity index (χ1) is 10.8. The van der Waals surface area contributed by atoms with Gasteiger partial charge in [0, 0.05) is 43.2 Å². The predicted octanol–water partition coefficient (Wildman–Crippen LogP) is 3.30. The summed E-state index contributed by atoms with van der Waals surface area (Å²) in [6, 6.07) is 4.54. The van der Waals surface area contributed by atoms with Crippen LogP contribution in [0.2, 0.25) is 0 Å². The van der Waals surface area contributed by atoms with Crippen LogP contribution in [-0.4, -0.2) is 33.4 Å². The Hall–Kier alpha value is -1.62. The van der Waals surface area contributed by atoms with Crippen LogP contribution in [-0.2, 0) is 17.6 Å². The molecule has 0 unspecified atom stereocenters. The lowest BCUT2D eigenvalue weighted by molar-refractivity contribution is -0.132. The van der Waals surface area contributed by atoms with Gasteiger partial charge in [-0.2, -0.15) is 0 Å². The molecule has 3 rings (SSSR count). The fraction of sp³-hybridized carbons (Fsp3) is 0.529. The number of carbonyl (C=O) groups excluding carboxylic acids is 1. The molecule has 1 saturated heterocycles. The number of thiophene rings is 1. The van der Waals surface area contributed by atoms with Crippen LogP contribution in [0.3, 0.4) is 0 Å². The Kier molecular flexibility index (Phi) is 4.93. The van der Waals surface area contributed by atoms with Gasteiger partial charge in [-0.25, -0.2) is 4.98 Å². The molecule has 0 radical (unpaired) electrons. The third-order valence-electron chi connectivity index (χ3n) is 4.37. The first-order valence-corrected chi connectivity index (χ1v) is 8.97. The van der Waals surface area contributed by atoms with Gasteiger partial charge in [0.1, 0.15) is 5.82 Å². The van der Waals surface area contributed by atoms with Crippen molar-refractivity contribution in [1.29, 1.82) is 0 Å². The smallest absolute Gasteiger partial charge is 0.223 e. The van der Waals surface area contributed by atoms with Crippen LogP contribution in [0, 0.1) is 0 Å². The number of nitrogens with zero attached hydrogens (tertiary/aromatic N) is 3. The lowest BCUT2D eigenvalue weighted by atomic mass is 10.0. The molecule has 1 aliphatic heterocycles. The van der Waals surface area contributed by atoms with E-state index in [1.807, 2.05) is 17.2 Å². The molecular weight excluding hydrogens is 294 g/mol. The normalized spacial score (nSPS) is 18.6. The molecule has 1 atom stereocenters. The van der Waals surface area contributed by atoms with Gasteiger partial charge >= 0.3 is 0 Å². The quantitative estimate of drug-likeness (QED) is 0.848. The van der Waals surface area contributed by atoms with Crippen LogP contribution in [0.5, 0.6) is 0 Å². The summed E-state index contributed by atoms with van der Waals surface area (Å²) in [4.78, 5) is 20.2. The fourth-order valence-electron chi connectivity index (χ4n) is 3.20. The Morgan fingerprint density at radius 2 is 2.41 bits per heavy atom. The van der Waals surface area contributed by atoms with E-state index in [-0.39, 0.29) is 5.91 Å². The van der Waals surface area contributed by atoms with Gasteiger partial charge in [0.25, 0.3) is 0 Å². The molecule has 1 aliphatic rings. The minimum atomic E-state index is 0.288. The molecule has 4 nitrogen and oxygen atoms in total. The van der Waals surface area contributed by atoms with Gasteiger partial charge in [0.15, 0.2) is 0 Å². The van der Waals surface area contributed by atoms with E-state index in [1.165, 1.54) is 4.88 Å². The zero-order valence-electron chi connectivity index (χ0n) is 13.1. The topological polar surface area (TPSA) is 38.1 Å². The number of likely N-dealkylation sites (tertiary alicyclic amines) is 1. The van der Waals surface area contributed by atoms with Crippen LogP contribution in [0.1, 0.15) is 42.9 Å². The van der Waals surface area contributed by atoms with Crippen molar-refractivity contribution in [3.05, 3.63) is 40.6 Å². The second-order valence-electron chi connectivity index (χ2n) is 5.82. The third-order valence-corrected chi connectivity index (χ3v) is 5.31. The molecule has 0 spiro atoms. The number of hydrogen-bond acceptors (Lipinski definition) is 3. The van der Waals surface area contributed by atoms with Crippen LogP contribution < -0.4 is 0 Å². The highest BCUT2D eigenvalue weighted by Gasteiger charge is 2.25. The van der Waals surface area contributed by atoms with E-state index in [2.05, 4.69) is 34.1 Å². The molecular formula is C17H23N3OS. The highest BCUT2D eigenvalue weighted by molar-refractivity contribution is 7.09. The van der Waals surface area contributed by atoms with Crippen molar-refractivity contribution < 1.29 is 4.79 Å². The van der Waals surface area contributed by atoms with E-state index in [0.717, 1.165) is 44.6 Å². The van der Waals surface area contributed by atoms with Gasteiger partial charge in [0.05, 0.1) is 6.04 Å². The first kappa shape index (κ1) is 15.3. The summed E-state index contributed by atoms with van der Waals surface area (Å²) in [5, 5.41) is 2.07. The number of aryl methyl sites for hydroxylation is 2. The number of aromatic nitrogens is 2. The van der Waals surface area contributed by atoms with Crippen molar-refractivity contribution in [3.63, 3.8) is 0 Å². The first-order valence-electron chi connectivity index (χ1n) is 8.09. The standard InChI is InChI=1S/C17H23N3OS/c1-2-16-18-9-11-20(16)14-5-3-10-19(13-14)17(21)8-7-15-6-4-12-22-15/h4,6,9,11-12,14H,2-3,5,7-8,10,13H2,1H3/t14-/m0/s1. The summed E-state index contributed by atoms with van der Waals surface area (Å²) < 4.78 is 2.26. The number of amides is 1. The molecule has 5 heteroatoms. The molecule has 1 fully saturated rings. The Bertz CT molecular complexity index is 605. The van der Waals surface area contributed by atoms with Crippen molar-refractivity contribution in [2.24, 2.45) is 0 Å². The van der Waals surface area contributed by atoms with Crippen LogP contribution in [0.4, 0.5) is 0 Å². The highest BCUT2D eigenvalue weighted by atomic mass is 32.1. The van der Waals surface area contributed by atoms with Crippen LogP contribution in [0.25, 0.3) is 0 Å². The van der Waals surface area contributed by atoms with E-state index < -0.39 is 0 Å². The summed E-state index contributed by atoms with van der Waals surface area (Å²) in [7, 11) is 0. The van der Waals surface area contributed by atoms with E-state index in [1.54, 1.807) is 11.3 Å². The zero-order valence-corrected chi connectivity index (χ0v) is 13.9. The Labute approximate surface area is 135 Å². The van der Waals surface area contributed by atoms with E-state index in [9.17, 15) is 4.79 Å². The molecule has 0 N–H and O–H groups in total. The van der Waals surface area contributed by atoms with Crippen molar-refractivity contribution in [1.82, 2.24) is 14.5 Å². The maximum Gasteiger partial charge on any atom is 0.223 e. The van der Waals surface area contributed by atoms with Gasteiger partial charge in [-0.15, -0.1) is 11.3 Å². The van der Waals surface area contributed by atoms with Gasteiger partial charge in [-0.1, -0.05) is 13.0 Å². The van der Waals surface area contributed by atoms with E-state index >= 15 is 0 Å². The fourth-order valence-corrected chi connectivity index (χ4v) is 3.91. The lowest BCUT2D eigenvalue weighted by Gasteiger charge is -2.34. The van der Waals surface area contributed by atoms with Gasteiger partial charge in [-0.05, 0) is 30.7 Å². The molecule has 0 aliphatic carbocycles. The lowest BCUT2D eigenvalue weighted by Crippen LogP contribution is -2.41. The van der Waals surface area contributed by atoms with E-state index in [4.69, 9.17) is 0 Å². The predicted molar refractivity (Wildman–Crippen MR) is 89.1 cm³/mol. The molecule has 0 aromatic carbocycles. The summed E-state index contributed by atoms with van der Waals surface area (Å²) in [6.07, 6.45) is 8.57. The Morgan fingerprint density at radius 3 is 3.18 bits per heavy atom. The maximum absolute atomic E-state index is 12.5. The zero-order chi connectivity index (χ0) is 15.4. The summed E-state index contributed by atoms with van der Waals surface area (Å²) >= 11 is 1.73. The van der Waals surface area contributed by atoms with Gasteiger partial charge < -0.3 is 9.47 Å². The molecule has 0 bridgehead atoms. The molecule has 118 valence electrons. The largest absolute Gasteiger partial charge is 0.341 e. The average molecular weight is 317 g/mol. The summed E-state index contributed by atoms with van der Waals surface area (Å²) in [5.41, 5.74) is 0. The minimum absolute atomic E-state index is 0.288. The molecule has 3 heterocycles. The molecule has 22 heavy (non-hydrogen) atoms. The van der Waals surface area contributed by atoms with Gasteiger partial charge in [0.2, 0.25) is 5.91 Å². The molecule has 1 amide bonds. The number of rotatable bonds is 5. The number of piperidine rings is 1. The second-order valence-corrected chi connectivity index (χ2v) is 6.85. The SMILES string of the molecule is CCc1nccn1[C@H]1CCCN(C(=O)CCc2cccs2)C1. The summed E-state index contributed by atoms with van der Waals surface area (Å²) in [5.74, 6) is 1.41. The van der Waals surface area contributed by atoms with Crippen LogP contribution >= 0.6 is 11.3 Å². The average Bonchev–Trinajstić information content (AvgIpc) is 3.23. The maximum atomic E-state index is 12.5. The van der Waals surface area contributed by atoms with Crippen LogP contribution in [0.15, 0.2) is 29.9 Å². The molecule has 2 aromatic rings. The highest BCUT2D eigenvalue weighted by Crippen LogP contribution is 2.24. The van der Waals surface area contributed by atoms with E-state index in [0.29, 0.717) is 12.5 Å². The van der Waals surface area contributed by atoms with Crippen molar-refractivity contribution in [2.45, 2.75) is 45.1 Å². The third kappa shape index (κ3) is 3.40. The number of hydrogen-bond donors (Lipinski definition) is 0. The summed E-state index contributed by atoms with van der Waals surface area (Å²) in [6.45, 7) is 3.86. The number of imidazole rings is 1. The van der Waals surface area contributed by atoms with Crippen molar-refractivity contribution in [2.75, 3.05) is 13.1 Å². The van der Waals surface area contributed by atoms with Gasteiger partial charge in [-0.3, -0.25) is 4.79 Å². The van der Waals surface area contributed by atoms with Crippen molar-refractivity contribution in [3.8, 4) is 0 Å². The Morgan fingerprint density at radius 1 is 1.50 bits per heavy atom. The Balaban J connectivity index is 1.59. The monoisotopic (exact) mass is 317 g/mol. The second kappa shape index (κ2) is 7.09. The molecule has 0 saturated carbocycles. The number of carbonyl (C=O) groups is 1. The van der Waals surface area contributed by atoms with Crippen molar-refractivity contribution >= 4 is 17.2 Å².